The number of benzene rings is 1. The molecule has 1 unspecified atom stereocenters. The molecule has 0 saturated carbocycles. The molecule has 112 valence electrons. The zero-order chi connectivity index (χ0) is 15.4. The number of carbonyl (C=O) groups is 1. The second kappa shape index (κ2) is 7.20. The summed E-state index contributed by atoms with van der Waals surface area (Å²) in [4.78, 5) is 12.2. The summed E-state index contributed by atoms with van der Waals surface area (Å²) < 4.78 is 13.8. The minimum absolute atomic E-state index is 0.0201. The van der Waals surface area contributed by atoms with Crippen LogP contribution in [-0.2, 0) is 4.79 Å². The number of nitrogens with zero attached hydrogens (tertiary/aromatic N) is 2. The van der Waals surface area contributed by atoms with Crippen molar-refractivity contribution in [3.8, 4) is 0 Å². The molecule has 0 bridgehead atoms. The molecule has 1 heterocycles. The van der Waals surface area contributed by atoms with Crippen LogP contribution < -0.4 is 5.32 Å². The lowest BCUT2D eigenvalue weighted by Gasteiger charge is -2.13. The maximum atomic E-state index is 13.1. The van der Waals surface area contributed by atoms with Crippen molar-refractivity contribution >= 4 is 46.3 Å². The minimum Gasteiger partial charge on any atom is -0.325 e. The van der Waals surface area contributed by atoms with Crippen molar-refractivity contribution in [2.75, 3.05) is 5.32 Å². The number of amides is 1. The highest BCUT2D eigenvalue weighted by molar-refractivity contribution is 8.02. The molecular formula is C13H13ClFN3OS2. The summed E-state index contributed by atoms with van der Waals surface area (Å²) in [6.07, 6.45) is 0.643. The number of halogens is 2. The van der Waals surface area contributed by atoms with E-state index in [-0.39, 0.29) is 16.2 Å². The molecule has 2 aromatic rings. The third kappa shape index (κ3) is 4.39. The normalized spacial score (nSPS) is 12.2. The van der Waals surface area contributed by atoms with Crippen LogP contribution in [0.4, 0.5) is 10.1 Å². The second-order valence-corrected chi connectivity index (χ2v) is 7.26. The van der Waals surface area contributed by atoms with Crippen LogP contribution in [-0.4, -0.2) is 21.4 Å². The fourth-order valence-corrected chi connectivity index (χ4v) is 3.73. The van der Waals surface area contributed by atoms with Gasteiger partial charge in [0.05, 0.1) is 10.3 Å². The van der Waals surface area contributed by atoms with Gasteiger partial charge in [-0.3, -0.25) is 4.79 Å². The van der Waals surface area contributed by atoms with Crippen molar-refractivity contribution in [1.29, 1.82) is 0 Å². The smallest absolute Gasteiger partial charge is 0.237 e. The van der Waals surface area contributed by atoms with Gasteiger partial charge in [0.15, 0.2) is 4.34 Å². The molecule has 1 amide bonds. The van der Waals surface area contributed by atoms with Gasteiger partial charge >= 0.3 is 0 Å². The van der Waals surface area contributed by atoms with E-state index in [1.54, 1.807) is 0 Å². The lowest BCUT2D eigenvalue weighted by atomic mass is 10.2. The van der Waals surface area contributed by atoms with E-state index in [0.717, 1.165) is 9.35 Å². The fraction of sp³-hybridized carbons (Fsp3) is 0.308. The molecule has 21 heavy (non-hydrogen) atoms. The summed E-state index contributed by atoms with van der Waals surface area (Å²) in [5.41, 5.74) is 0.471. The van der Waals surface area contributed by atoms with Crippen molar-refractivity contribution in [3.05, 3.63) is 34.0 Å². The summed E-state index contributed by atoms with van der Waals surface area (Å²) in [6.45, 7) is 3.78. The number of nitrogens with one attached hydrogen (secondary N) is 1. The minimum atomic E-state index is -0.514. The predicted molar refractivity (Wildman–Crippen MR) is 84.6 cm³/mol. The Kier molecular flexibility index (Phi) is 5.55. The Labute approximate surface area is 135 Å². The molecule has 8 heteroatoms. The van der Waals surface area contributed by atoms with Crippen molar-refractivity contribution in [2.24, 2.45) is 0 Å². The second-order valence-electron chi connectivity index (χ2n) is 4.22. The third-order valence-electron chi connectivity index (χ3n) is 2.60. The van der Waals surface area contributed by atoms with Gasteiger partial charge in [0.1, 0.15) is 10.8 Å². The van der Waals surface area contributed by atoms with Crippen LogP contribution in [0.3, 0.4) is 0 Å². The SMILES string of the molecule is CCC(Sc1nnc(C)s1)C(=O)Nc1ccc(F)c(Cl)c1. The number of anilines is 1. The van der Waals surface area contributed by atoms with Gasteiger partial charge in [0.25, 0.3) is 0 Å². The van der Waals surface area contributed by atoms with Crippen LogP contribution in [0.1, 0.15) is 18.4 Å². The molecule has 1 N–H and O–H groups in total. The Morgan fingerprint density at radius 1 is 1.52 bits per heavy atom. The van der Waals surface area contributed by atoms with E-state index in [1.165, 1.54) is 41.3 Å². The van der Waals surface area contributed by atoms with E-state index in [9.17, 15) is 9.18 Å². The third-order valence-corrected chi connectivity index (χ3v) is 5.18. The largest absolute Gasteiger partial charge is 0.325 e. The molecule has 0 spiro atoms. The Hall–Kier alpha value is -1.18. The molecule has 1 atom stereocenters. The van der Waals surface area contributed by atoms with Crippen LogP contribution in [0.15, 0.2) is 22.5 Å². The quantitative estimate of drug-likeness (QED) is 0.827. The van der Waals surface area contributed by atoms with Gasteiger partial charge < -0.3 is 5.32 Å². The molecular weight excluding hydrogens is 333 g/mol. The van der Waals surface area contributed by atoms with E-state index in [2.05, 4.69) is 15.5 Å². The molecule has 0 aliphatic rings. The maximum absolute atomic E-state index is 13.1. The number of carbonyl (C=O) groups excluding carboxylic acids is 1. The Balaban J connectivity index is 2.04. The number of hydrogen-bond donors (Lipinski definition) is 1. The highest BCUT2D eigenvalue weighted by Crippen LogP contribution is 2.29. The maximum Gasteiger partial charge on any atom is 0.237 e. The molecule has 0 saturated heterocycles. The van der Waals surface area contributed by atoms with Gasteiger partial charge in [0.2, 0.25) is 5.91 Å². The van der Waals surface area contributed by atoms with E-state index in [4.69, 9.17) is 11.6 Å². The summed E-state index contributed by atoms with van der Waals surface area (Å²) in [5, 5.41) is 11.2. The molecule has 0 aliphatic heterocycles. The molecule has 1 aromatic carbocycles. The first-order chi connectivity index (χ1) is 9.99. The number of aromatic nitrogens is 2. The number of aryl methyl sites for hydroxylation is 1. The Morgan fingerprint density at radius 2 is 2.29 bits per heavy atom. The van der Waals surface area contributed by atoms with E-state index in [0.29, 0.717) is 12.1 Å². The van der Waals surface area contributed by atoms with E-state index < -0.39 is 5.82 Å². The van der Waals surface area contributed by atoms with Crippen LogP contribution >= 0.6 is 34.7 Å². The van der Waals surface area contributed by atoms with E-state index >= 15 is 0 Å². The standard InChI is InChI=1S/C13H13ClFN3OS2/c1-3-11(21-13-18-17-7(2)20-13)12(19)16-8-4-5-10(15)9(14)6-8/h4-6,11H,3H2,1-2H3,(H,16,19). The van der Waals surface area contributed by atoms with Crippen molar-refractivity contribution < 1.29 is 9.18 Å². The molecule has 0 aliphatic carbocycles. The van der Waals surface area contributed by atoms with Gasteiger partial charge in [0, 0.05) is 5.69 Å². The van der Waals surface area contributed by atoms with Gasteiger partial charge in [-0.25, -0.2) is 4.39 Å². The van der Waals surface area contributed by atoms with Crippen molar-refractivity contribution in [2.45, 2.75) is 29.9 Å². The lowest BCUT2D eigenvalue weighted by Crippen LogP contribution is -2.24. The molecule has 2 rings (SSSR count). The average Bonchev–Trinajstić information content (AvgIpc) is 2.85. The highest BCUT2D eigenvalue weighted by atomic mass is 35.5. The first-order valence-corrected chi connectivity index (χ1v) is 8.29. The zero-order valence-corrected chi connectivity index (χ0v) is 13.8. The topological polar surface area (TPSA) is 54.9 Å². The van der Waals surface area contributed by atoms with Crippen molar-refractivity contribution in [3.63, 3.8) is 0 Å². The molecule has 0 fully saturated rings. The van der Waals surface area contributed by atoms with Crippen molar-refractivity contribution in [1.82, 2.24) is 10.2 Å². The predicted octanol–water partition coefficient (Wildman–Crippen LogP) is 4.15. The number of rotatable bonds is 5. The number of hydrogen-bond acceptors (Lipinski definition) is 5. The molecule has 4 nitrogen and oxygen atoms in total. The fourth-order valence-electron chi connectivity index (χ4n) is 1.57. The van der Waals surface area contributed by atoms with Crippen LogP contribution in [0.2, 0.25) is 5.02 Å². The van der Waals surface area contributed by atoms with Crippen LogP contribution in [0.25, 0.3) is 0 Å². The Bertz CT molecular complexity index is 650. The monoisotopic (exact) mass is 345 g/mol. The van der Waals surface area contributed by atoms with Gasteiger partial charge in [-0.15, -0.1) is 10.2 Å². The molecule has 1 aromatic heterocycles. The summed E-state index contributed by atoms with van der Waals surface area (Å²) >= 11 is 8.51. The molecule has 0 radical (unpaired) electrons. The van der Waals surface area contributed by atoms with Crippen LogP contribution in [0, 0.1) is 12.7 Å². The Morgan fingerprint density at radius 3 is 2.86 bits per heavy atom. The number of thioether (sulfide) groups is 1. The summed E-state index contributed by atoms with van der Waals surface area (Å²) in [5.74, 6) is -0.682. The zero-order valence-electron chi connectivity index (χ0n) is 11.4. The summed E-state index contributed by atoms with van der Waals surface area (Å²) in [6, 6.07) is 4.09. The first kappa shape index (κ1) is 16.2. The highest BCUT2D eigenvalue weighted by Gasteiger charge is 2.20. The lowest BCUT2D eigenvalue weighted by molar-refractivity contribution is -0.115. The van der Waals surface area contributed by atoms with Gasteiger partial charge in [-0.2, -0.15) is 0 Å². The summed E-state index contributed by atoms with van der Waals surface area (Å²) in [7, 11) is 0. The van der Waals surface area contributed by atoms with Gasteiger partial charge in [-0.05, 0) is 31.5 Å². The van der Waals surface area contributed by atoms with Crippen LogP contribution in [0.5, 0.6) is 0 Å². The average molecular weight is 346 g/mol. The van der Waals surface area contributed by atoms with Gasteiger partial charge in [-0.1, -0.05) is 41.6 Å². The first-order valence-electron chi connectivity index (χ1n) is 6.22. The van der Waals surface area contributed by atoms with E-state index in [1.807, 2.05) is 13.8 Å².